The standard InChI is InChI=1S/C24H19ClN2S/c25-19-12-9-18(10-13-19)16-28-24-22(15-26)20(21-7-4-8-23(21)27-24)14-11-17-5-2-1-3-6-17/h1-3,5-6,9-14H,4,7-8,16H2. The fourth-order valence-corrected chi connectivity index (χ4v) is 4.55. The second-order valence-electron chi connectivity index (χ2n) is 6.76. The first kappa shape index (κ1) is 18.8. The smallest absolute Gasteiger partial charge is 0.115 e. The molecule has 138 valence electrons. The highest BCUT2D eigenvalue weighted by atomic mass is 35.5. The van der Waals surface area contributed by atoms with Gasteiger partial charge in [0.2, 0.25) is 0 Å². The predicted octanol–water partition coefficient (Wildman–Crippen LogP) is 6.56. The minimum absolute atomic E-state index is 0.687. The molecule has 0 fully saturated rings. The van der Waals surface area contributed by atoms with Crippen LogP contribution in [0.25, 0.3) is 12.2 Å². The Morgan fingerprint density at radius 1 is 1.04 bits per heavy atom. The molecular formula is C24H19ClN2S. The molecule has 2 aromatic carbocycles. The highest BCUT2D eigenvalue weighted by molar-refractivity contribution is 7.98. The number of fused-ring (bicyclic) bond motifs is 1. The number of pyridine rings is 1. The van der Waals surface area contributed by atoms with Crippen LogP contribution < -0.4 is 0 Å². The molecule has 4 rings (SSSR count). The van der Waals surface area contributed by atoms with Crippen molar-refractivity contribution in [2.75, 3.05) is 0 Å². The van der Waals surface area contributed by atoms with Crippen LogP contribution in [0.2, 0.25) is 5.02 Å². The summed E-state index contributed by atoms with van der Waals surface area (Å²) in [7, 11) is 0. The molecule has 0 saturated heterocycles. The first-order valence-corrected chi connectivity index (χ1v) is 10.7. The van der Waals surface area contributed by atoms with Crippen LogP contribution in [0.1, 0.15) is 39.9 Å². The second kappa shape index (κ2) is 8.65. The summed E-state index contributed by atoms with van der Waals surface area (Å²) in [6.45, 7) is 0. The van der Waals surface area contributed by atoms with E-state index >= 15 is 0 Å². The zero-order valence-electron chi connectivity index (χ0n) is 15.4. The van der Waals surface area contributed by atoms with Crippen LogP contribution in [0, 0.1) is 11.3 Å². The van der Waals surface area contributed by atoms with Gasteiger partial charge < -0.3 is 0 Å². The summed E-state index contributed by atoms with van der Waals surface area (Å²) in [4.78, 5) is 4.85. The molecule has 0 spiro atoms. The van der Waals surface area contributed by atoms with E-state index in [2.05, 4.69) is 30.4 Å². The Morgan fingerprint density at radius 3 is 2.57 bits per heavy atom. The Bertz CT molecular complexity index is 1050. The van der Waals surface area contributed by atoms with Crippen LogP contribution in [-0.2, 0) is 18.6 Å². The largest absolute Gasteiger partial charge is 0.245 e. The third-order valence-electron chi connectivity index (χ3n) is 4.88. The fourth-order valence-electron chi connectivity index (χ4n) is 3.46. The summed E-state index contributed by atoms with van der Waals surface area (Å²) in [5.74, 6) is 0.763. The number of aryl methyl sites for hydroxylation is 1. The van der Waals surface area contributed by atoms with Crippen molar-refractivity contribution in [1.29, 1.82) is 5.26 Å². The minimum Gasteiger partial charge on any atom is -0.245 e. The zero-order chi connectivity index (χ0) is 19.3. The normalized spacial score (nSPS) is 12.9. The summed E-state index contributed by atoms with van der Waals surface area (Å²) >= 11 is 7.60. The van der Waals surface area contributed by atoms with Crippen LogP contribution in [0.3, 0.4) is 0 Å². The molecule has 0 aliphatic heterocycles. The van der Waals surface area contributed by atoms with Crippen molar-refractivity contribution in [2.24, 2.45) is 0 Å². The molecule has 1 aliphatic rings. The first-order chi connectivity index (χ1) is 13.7. The first-order valence-electron chi connectivity index (χ1n) is 9.31. The van der Waals surface area contributed by atoms with Crippen LogP contribution in [0.15, 0.2) is 59.6 Å². The molecule has 1 aromatic heterocycles. The number of aromatic nitrogens is 1. The molecular weight excluding hydrogens is 384 g/mol. The number of thioether (sulfide) groups is 1. The lowest BCUT2D eigenvalue weighted by Gasteiger charge is -2.12. The SMILES string of the molecule is N#Cc1c(SCc2ccc(Cl)cc2)nc2c(c1C=Cc1ccccc1)CCC2. The van der Waals surface area contributed by atoms with Crippen molar-refractivity contribution < 1.29 is 0 Å². The summed E-state index contributed by atoms with van der Waals surface area (Å²) in [5.41, 5.74) is 6.40. The molecule has 0 atom stereocenters. The van der Waals surface area contributed by atoms with Crippen molar-refractivity contribution in [3.05, 3.63) is 93.1 Å². The number of hydrogen-bond donors (Lipinski definition) is 0. The molecule has 4 heteroatoms. The average molecular weight is 403 g/mol. The van der Waals surface area contributed by atoms with Gasteiger partial charge in [-0.1, -0.05) is 66.2 Å². The maximum absolute atomic E-state index is 9.91. The van der Waals surface area contributed by atoms with E-state index in [0.717, 1.165) is 51.9 Å². The van der Waals surface area contributed by atoms with Gasteiger partial charge in [-0.2, -0.15) is 5.26 Å². The molecule has 2 nitrogen and oxygen atoms in total. The number of nitrogens with zero attached hydrogens (tertiary/aromatic N) is 2. The quantitative estimate of drug-likeness (QED) is 0.453. The molecule has 0 bridgehead atoms. The Hall–Kier alpha value is -2.54. The third-order valence-corrected chi connectivity index (χ3v) is 6.17. The molecule has 28 heavy (non-hydrogen) atoms. The maximum atomic E-state index is 9.91. The van der Waals surface area contributed by atoms with E-state index in [9.17, 15) is 5.26 Å². The Kier molecular flexibility index (Phi) is 5.81. The molecule has 1 aliphatic carbocycles. The molecule has 0 saturated carbocycles. The van der Waals surface area contributed by atoms with Gasteiger partial charge in [0.25, 0.3) is 0 Å². The van der Waals surface area contributed by atoms with E-state index < -0.39 is 0 Å². The van der Waals surface area contributed by atoms with Crippen LogP contribution >= 0.6 is 23.4 Å². The summed E-state index contributed by atoms with van der Waals surface area (Å²) < 4.78 is 0. The Balaban J connectivity index is 1.68. The number of benzene rings is 2. The van der Waals surface area contributed by atoms with E-state index in [1.165, 1.54) is 11.1 Å². The van der Waals surface area contributed by atoms with Gasteiger partial charge in [-0.05, 0) is 53.6 Å². The van der Waals surface area contributed by atoms with E-state index in [0.29, 0.717) is 5.56 Å². The van der Waals surface area contributed by atoms with Crippen molar-refractivity contribution in [2.45, 2.75) is 30.0 Å². The predicted molar refractivity (Wildman–Crippen MR) is 117 cm³/mol. The number of nitriles is 1. The monoisotopic (exact) mass is 402 g/mol. The van der Waals surface area contributed by atoms with E-state index in [1.54, 1.807) is 11.8 Å². The Labute approximate surface area is 174 Å². The molecule has 0 N–H and O–H groups in total. The second-order valence-corrected chi connectivity index (χ2v) is 8.16. The number of halogens is 1. The van der Waals surface area contributed by atoms with Crippen LogP contribution in [0.4, 0.5) is 0 Å². The van der Waals surface area contributed by atoms with Crippen molar-refractivity contribution in [3.63, 3.8) is 0 Å². The molecule has 0 amide bonds. The summed E-state index contributed by atoms with van der Waals surface area (Å²) in [6.07, 6.45) is 7.26. The molecule has 3 aromatic rings. The van der Waals surface area contributed by atoms with Gasteiger partial charge in [0.15, 0.2) is 0 Å². The highest BCUT2D eigenvalue weighted by Gasteiger charge is 2.22. The van der Waals surface area contributed by atoms with Crippen LogP contribution in [-0.4, -0.2) is 4.98 Å². The van der Waals surface area contributed by atoms with Crippen molar-refractivity contribution in [1.82, 2.24) is 4.98 Å². The van der Waals surface area contributed by atoms with E-state index in [-0.39, 0.29) is 0 Å². The van der Waals surface area contributed by atoms with Gasteiger partial charge in [0.1, 0.15) is 11.1 Å². The van der Waals surface area contributed by atoms with Gasteiger partial charge in [-0.15, -0.1) is 11.8 Å². The third kappa shape index (κ3) is 4.14. The van der Waals surface area contributed by atoms with Gasteiger partial charge in [-0.3, -0.25) is 0 Å². The number of rotatable bonds is 5. The van der Waals surface area contributed by atoms with Crippen LogP contribution in [0.5, 0.6) is 0 Å². The molecule has 0 radical (unpaired) electrons. The van der Waals surface area contributed by atoms with Crippen molar-refractivity contribution >= 4 is 35.5 Å². The van der Waals surface area contributed by atoms with Crippen molar-refractivity contribution in [3.8, 4) is 6.07 Å². The Morgan fingerprint density at radius 2 is 1.82 bits per heavy atom. The van der Waals surface area contributed by atoms with Gasteiger partial charge in [-0.25, -0.2) is 4.98 Å². The fraction of sp³-hybridized carbons (Fsp3) is 0.167. The highest BCUT2D eigenvalue weighted by Crippen LogP contribution is 2.34. The topological polar surface area (TPSA) is 36.7 Å². The molecule has 0 unspecified atom stereocenters. The lowest BCUT2D eigenvalue weighted by Crippen LogP contribution is -2.00. The summed E-state index contributed by atoms with van der Waals surface area (Å²) in [6, 6.07) is 20.4. The lowest BCUT2D eigenvalue weighted by atomic mass is 10.0. The van der Waals surface area contributed by atoms with E-state index in [4.69, 9.17) is 16.6 Å². The van der Waals surface area contributed by atoms with Gasteiger partial charge in [0, 0.05) is 16.5 Å². The maximum Gasteiger partial charge on any atom is 0.115 e. The van der Waals surface area contributed by atoms with Gasteiger partial charge >= 0.3 is 0 Å². The van der Waals surface area contributed by atoms with E-state index in [1.807, 2.05) is 42.5 Å². The van der Waals surface area contributed by atoms with Gasteiger partial charge in [0.05, 0.1) is 5.56 Å². The number of hydrogen-bond acceptors (Lipinski definition) is 3. The lowest BCUT2D eigenvalue weighted by molar-refractivity contribution is 0.891. The molecule has 1 heterocycles. The minimum atomic E-state index is 0.687. The summed E-state index contributed by atoms with van der Waals surface area (Å²) in [5, 5.41) is 11.5. The average Bonchev–Trinajstić information content (AvgIpc) is 3.20. The zero-order valence-corrected chi connectivity index (χ0v) is 16.9.